The van der Waals surface area contributed by atoms with Crippen LogP contribution in [0.25, 0.3) is 0 Å². The van der Waals surface area contributed by atoms with Gasteiger partial charge in [0.1, 0.15) is 5.69 Å². The summed E-state index contributed by atoms with van der Waals surface area (Å²) in [6.07, 6.45) is 0.790. The lowest BCUT2D eigenvalue weighted by Crippen LogP contribution is -2.36. The first kappa shape index (κ1) is 15.0. The smallest absolute Gasteiger partial charge is 0.306 e. The lowest BCUT2D eigenvalue weighted by molar-refractivity contribution is -0.384. The van der Waals surface area contributed by atoms with Gasteiger partial charge in [-0.3, -0.25) is 14.9 Å². The monoisotopic (exact) mass is 298 g/mol. The zero-order valence-electron chi connectivity index (χ0n) is 11.4. The van der Waals surface area contributed by atoms with E-state index in [-0.39, 0.29) is 17.1 Å². The Bertz CT molecular complexity index is 570. The Morgan fingerprint density at radius 3 is 2.57 bits per heavy atom. The molecule has 7 nitrogen and oxygen atoms in total. The van der Waals surface area contributed by atoms with Crippen LogP contribution in [-0.2, 0) is 4.79 Å². The predicted molar refractivity (Wildman–Crippen MR) is 72.2 cm³/mol. The minimum atomic E-state index is -0.860. The van der Waals surface area contributed by atoms with E-state index in [1.807, 2.05) is 0 Å². The quantitative estimate of drug-likeness (QED) is 0.675. The maximum absolute atomic E-state index is 13.6. The standard InChI is InChI=1S/C13H15FN2O5/c1-21-12-7-10(11(16(19)20)6-9(12)14)15-4-2-8(3-5-15)13(17)18/h6-8H,2-5H2,1H3,(H,17,18). The van der Waals surface area contributed by atoms with Gasteiger partial charge in [0, 0.05) is 19.2 Å². The van der Waals surface area contributed by atoms with Crippen LogP contribution in [0.5, 0.6) is 5.75 Å². The molecule has 1 fully saturated rings. The molecular weight excluding hydrogens is 283 g/mol. The summed E-state index contributed by atoms with van der Waals surface area (Å²) in [5.41, 5.74) is -0.0934. The average Bonchev–Trinajstić information content (AvgIpc) is 2.47. The number of halogens is 1. The number of nitrogens with zero attached hydrogens (tertiary/aromatic N) is 2. The molecule has 1 aromatic carbocycles. The van der Waals surface area contributed by atoms with Gasteiger partial charge in [0.05, 0.1) is 24.0 Å². The van der Waals surface area contributed by atoms with Crippen molar-refractivity contribution in [2.45, 2.75) is 12.8 Å². The fourth-order valence-electron chi connectivity index (χ4n) is 2.46. The Balaban J connectivity index is 2.30. The summed E-state index contributed by atoms with van der Waals surface area (Å²) in [6.45, 7) is 0.735. The van der Waals surface area contributed by atoms with Crippen LogP contribution in [0.2, 0.25) is 0 Å². The number of hydrogen-bond acceptors (Lipinski definition) is 5. The van der Waals surface area contributed by atoms with Gasteiger partial charge in [0.15, 0.2) is 11.6 Å². The van der Waals surface area contributed by atoms with Gasteiger partial charge in [0.25, 0.3) is 5.69 Å². The van der Waals surface area contributed by atoms with Gasteiger partial charge in [0.2, 0.25) is 0 Å². The molecule has 1 N–H and O–H groups in total. The number of benzene rings is 1. The highest BCUT2D eigenvalue weighted by Crippen LogP contribution is 2.36. The third kappa shape index (κ3) is 3.04. The van der Waals surface area contributed by atoms with Gasteiger partial charge in [-0.1, -0.05) is 0 Å². The number of nitro benzene ring substituents is 1. The highest BCUT2D eigenvalue weighted by atomic mass is 19.1. The number of carbonyl (C=O) groups is 1. The Hall–Kier alpha value is -2.38. The number of ether oxygens (including phenoxy) is 1. The molecule has 114 valence electrons. The molecular formula is C13H15FN2O5. The van der Waals surface area contributed by atoms with Crippen molar-refractivity contribution in [3.63, 3.8) is 0 Å². The van der Waals surface area contributed by atoms with Crippen LogP contribution in [0.3, 0.4) is 0 Å². The molecule has 0 atom stereocenters. The summed E-state index contributed by atoms with van der Waals surface area (Å²) in [4.78, 5) is 23.0. The van der Waals surface area contributed by atoms with Crippen LogP contribution in [0.4, 0.5) is 15.8 Å². The number of piperidine rings is 1. The van der Waals surface area contributed by atoms with Crippen LogP contribution in [0, 0.1) is 21.8 Å². The molecule has 0 radical (unpaired) electrons. The zero-order chi connectivity index (χ0) is 15.6. The highest BCUT2D eigenvalue weighted by molar-refractivity contribution is 5.71. The molecule has 0 aliphatic carbocycles. The Morgan fingerprint density at radius 1 is 1.48 bits per heavy atom. The molecule has 1 aliphatic rings. The van der Waals surface area contributed by atoms with E-state index in [1.165, 1.54) is 13.2 Å². The second kappa shape index (κ2) is 5.94. The highest BCUT2D eigenvalue weighted by Gasteiger charge is 2.29. The summed E-state index contributed by atoms with van der Waals surface area (Å²) >= 11 is 0. The Morgan fingerprint density at radius 2 is 2.10 bits per heavy atom. The van der Waals surface area contributed by atoms with Crippen molar-refractivity contribution in [3.05, 3.63) is 28.1 Å². The van der Waals surface area contributed by atoms with Gasteiger partial charge in [-0.15, -0.1) is 0 Å². The fourth-order valence-corrected chi connectivity index (χ4v) is 2.46. The third-order valence-electron chi connectivity index (χ3n) is 3.63. The minimum Gasteiger partial charge on any atom is -0.494 e. The zero-order valence-corrected chi connectivity index (χ0v) is 11.4. The van der Waals surface area contributed by atoms with Crippen molar-refractivity contribution < 1.29 is 24.0 Å². The summed E-state index contributed by atoms with van der Waals surface area (Å²) in [7, 11) is 1.28. The number of nitro groups is 1. The molecule has 8 heteroatoms. The molecule has 1 aliphatic heterocycles. The van der Waals surface area contributed by atoms with E-state index in [2.05, 4.69) is 0 Å². The van der Waals surface area contributed by atoms with E-state index in [9.17, 15) is 19.3 Å². The number of carboxylic acid groups (broad SMARTS) is 1. The number of carboxylic acids is 1. The first-order chi connectivity index (χ1) is 9.93. The number of anilines is 1. The molecule has 2 rings (SSSR count). The predicted octanol–water partition coefficient (Wildman–Crippen LogP) is 2.04. The van der Waals surface area contributed by atoms with Gasteiger partial charge in [-0.25, -0.2) is 4.39 Å². The number of aliphatic carboxylic acids is 1. The van der Waals surface area contributed by atoms with Crippen molar-refractivity contribution in [1.29, 1.82) is 0 Å². The molecule has 0 saturated carbocycles. The van der Waals surface area contributed by atoms with Crippen LogP contribution < -0.4 is 9.64 Å². The Labute approximate surface area is 120 Å². The van der Waals surface area contributed by atoms with E-state index in [1.54, 1.807) is 4.90 Å². The van der Waals surface area contributed by atoms with Crippen LogP contribution in [0.15, 0.2) is 12.1 Å². The van der Waals surface area contributed by atoms with Crippen LogP contribution in [-0.4, -0.2) is 36.2 Å². The summed E-state index contributed by atoms with van der Waals surface area (Å²) in [5, 5.41) is 20.0. The Kier molecular flexibility index (Phi) is 4.25. The SMILES string of the molecule is COc1cc(N2CCC(C(=O)O)CC2)c([N+](=O)[O-])cc1F. The van der Waals surface area contributed by atoms with E-state index in [0.29, 0.717) is 25.9 Å². The third-order valence-corrected chi connectivity index (χ3v) is 3.63. The fraction of sp³-hybridized carbons (Fsp3) is 0.462. The van der Waals surface area contributed by atoms with Gasteiger partial charge < -0.3 is 14.7 Å². The maximum Gasteiger partial charge on any atom is 0.306 e. The molecule has 1 saturated heterocycles. The second-order valence-corrected chi connectivity index (χ2v) is 4.83. The largest absolute Gasteiger partial charge is 0.494 e. The van der Waals surface area contributed by atoms with Crippen molar-refractivity contribution in [2.75, 3.05) is 25.1 Å². The number of hydrogen-bond donors (Lipinski definition) is 1. The van der Waals surface area contributed by atoms with Crippen molar-refractivity contribution in [2.24, 2.45) is 5.92 Å². The lowest BCUT2D eigenvalue weighted by atomic mass is 9.96. The molecule has 0 bridgehead atoms. The van der Waals surface area contributed by atoms with Crippen molar-refractivity contribution in [3.8, 4) is 5.75 Å². The van der Waals surface area contributed by atoms with Gasteiger partial charge >= 0.3 is 5.97 Å². The maximum atomic E-state index is 13.6. The van der Waals surface area contributed by atoms with Crippen molar-refractivity contribution in [1.82, 2.24) is 0 Å². The normalized spacial score (nSPS) is 15.8. The van der Waals surface area contributed by atoms with Crippen molar-refractivity contribution >= 4 is 17.3 Å². The molecule has 21 heavy (non-hydrogen) atoms. The average molecular weight is 298 g/mol. The minimum absolute atomic E-state index is 0.0732. The van der Waals surface area contributed by atoms with E-state index in [0.717, 1.165) is 6.07 Å². The molecule has 1 heterocycles. The van der Waals surface area contributed by atoms with Crippen LogP contribution in [0.1, 0.15) is 12.8 Å². The number of methoxy groups -OCH3 is 1. The first-order valence-corrected chi connectivity index (χ1v) is 6.43. The first-order valence-electron chi connectivity index (χ1n) is 6.43. The summed E-state index contributed by atoms with van der Waals surface area (Å²) in [6, 6.07) is 2.12. The van der Waals surface area contributed by atoms with E-state index in [4.69, 9.17) is 9.84 Å². The van der Waals surface area contributed by atoms with Gasteiger partial charge in [-0.05, 0) is 12.8 Å². The molecule has 0 amide bonds. The van der Waals surface area contributed by atoms with Crippen LogP contribution >= 0.6 is 0 Å². The molecule has 0 unspecified atom stereocenters. The molecule has 0 aromatic heterocycles. The topological polar surface area (TPSA) is 92.9 Å². The van der Waals surface area contributed by atoms with E-state index < -0.39 is 22.6 Å². The van der Waals surface area contributed by atoms with Gasteiger partial charge in [-0.2, -0.15) is 0 Å². The van der Waals surface area contributed by atoms with E-state index >= 15 is 0 Å². The summed E-state index contributed by atoms with van der Waals surface area (Å²) < 4.78 is 18.5. The second-order valence-electron chi connectivity index (χ2n) is 4.83. The molecule has 0 spiro atoms. The number of rotatable bonds is 4. The molecule has 1 aromatic rings. The summed E-state index contributed by atoms with van der Waals surface area (Å²) in [5.74, 6) is -2.17. The lowest BCUT2D eigenvalue weighted by Gasteiger charge is -2.31.